The van der Waals surface area contributed by atoms with Crippen molar-refractivity contribution in [2.45, 2.75) is 64.7 Å². The maximum Gasteiger partial charge on any atom is 0.336 e. The Hall–Kier alpha value is -3.28. The number of benzene rings is 2. The Morgan fingerprint density at radius 3 is 2.33 bits per heavy atom. The number of nitrogens with two attached hydrogens (primary N) is 2. The minimum absolute atomic E-state index is 0.166. The minimum atomic E-state index is -1.02. The molecule has 0 heterocycles. The second kappa shape index (κ2) is 14.0. The van der Waals surface area contributed by atoms with E-state index in [1.807, 2.05) is 12.1 Å². The molecule has 0 unspecified atom stereocenters. The van der Waals surface area contributed by atoms with E-state index in [1.165, 1.54) is 37.0 Å². The highest BCUT2D eigenvalue weighted by molar-refractivity contribution is 5.92. The van der Waals surface area contributed by atoms with Crippen molar-refractivity contribution in [3.05, 3.63) is 64.7 Å². The van der Waals surface area contributed by atoms with E-state index in [9.17, 15) is 14.7 Å². The molecule has 5 N–H and O–H groups in total. The lowest BCUT2D eigenvalue weighted by atomic mass is 9.98. The Bertz CT molecular complexity index is 936. The molecule has 2 aromatic rings. The summed E-state index contributed by atoms with van der Waals surface area (Å²) >= 11 is 0. The van der Waals surface area contributed by atoms with Gasteiger partial charge in [0, 0.05) is 17.5 Å². The van der Waals surface area contributed by atoms with Gasteiger partial charge in [0.1, 0.15) is 0 Å². The molecule has 0 saturated carbocycles. The highest BCUT2D eigenvalue weighted by Gasteiger charge is 2.13. The van der Waals surface area contributed by atoms with Gasteiger partial charge in [0.15, 0.2) is 0 Å². The third-order valence-corrected chi connectivity index (χ3v) is 5.56. The summed E-state index contributed by atoms with van der Waals surface area (Å²) in [5, 5.41) is 9.34. The van der Waals surface area contributed by atoms with Gasteiger partial charge in [-0.15, -0.1) is 0 Å². The van der Waals surface area contributed by atoms with Crippen LogP contribution in [-0.2, 0) is 22.4 Å². The number of anilines is 2. The Morgan fingerprint density at radius 2 is 1.64 bits per heavy atom. The number of carboxylic acids is 1. The monoisotopic (exact) mass is 452 g/mol. The standard InChI is InChI=1S/C27H36N2O4/c1-2-3-6-9-20-11-13-21(14-12-20)15-16-26(30)33-17-8-5-4-7-10-23-24(27(31)32)18-22(28)19-25(23)29/h11-16,18-19H,2-10,17,28-29H2,1H3,(H,31,32)/b16-15+. The predicted molar refractivity (Wildman–Crippen MR) is 134 cm³/mol. The van der Waals surface area contributed by atoms with E-state index in [0.29, 0.717) is 30.0 Å². The van der Waals surface area contributed by atoms with Crippen molar-refractivity contribution in [3.8, 4) is 0 Å². The lowest BCUT2D eigenvalue weighted by Gasteiger charge is -2.11. The van der Waals surface area contributed by atoms with Crippen molar-refractivity contribution < 1.29 is 19.4 Å². The molecule has 0 bridgehead atoms. The molecule has 33 heavy (non-hydrogen) atoms. The molecule has 0 saturated heterocycles. The average molecular weight is 453 g/mol. The van der Waals surface area contributed by atoms with Crippen molar-refractivity contribution in [2.24, 2.45) is 0 Å². The minimum Gasteiger partial charge on any atom is -0.478 e. The number of nitrogen functional groups attached to an aromatic ring is 2. The van der Waals surface area contributed by atoms with Crippen LogP contribution in [0.15, 0.2) is 42.5 Å². The predicted octanol–water partition coefficient (Wildman–Crippen LogP) is 5.64. The van der Waals surface area contributed by atoms with E-state index in [-0.39, 0.29) is 11.5 Å². The van der Waals surface area contributed by atoms with Crippen LogP contribution in [0.4, 0.5) is 11.4 Å². The molecule has 0 aromatic heterocycles. The van der Waals surface area contributed by atoms with Gasteiger partial charge in [-0.05, 0) is 67.0 Å². The molecule has 6 heteroatoms. The zero-order valence-corrected chi connectivity index (χ0v) is 19.5. The summed E-state index contributed by atoms with van der Waals surface area (Å²) in [7, 11) is 0. The van der Waals surface area contributed by atoms with Crippen LogP contribution in [0.25, 0.3) is 6.08 Å². The van der Waals surface area contributed by atoms with E-state index in [1.54, 1.807) is 12.1 Å². The van der Waals surface area contributed by atoms with Gasteiger partial charge in [-0.3, -0.25) is 0 Å². The fourth-order valence-electron chi connectivity index (χ4n) is 3.70. The van der Waals surface area contributed by atoms with Crippen LogP contribution >= 0.6 is 0 Å². The number of hydrogen-bond acceptors (Lipinski definition) is 5. The maximum absolute atomic E-state index is 11.9. The van der Waals surface area contributed by atoms with Crippen molar-refractivity contribution in [1.82, 2.24) is 0 Å². The van der Waals surface area contributed by atoms with E-state index in [2.05, 4.69) is 19.1 Å². The summed E-state index contributed by atoms with van der Waals surface area (Å²) in [5.74, 6) is -1.37. The molecule has 0 atom stereocenters. The molecular formula is C27H36N2O4. The third kappa shape index (κ3) is 9.39. The number of esters is 1. The number of ether oxygens (including phenoxy) is 1. The Labute approximate surface area is 196 Å². The first-order valence-electron chi connectivity index (χ1n) is 11.8. The lowest BCUT2D eigenvalue weighted by Crippen LogP contribution is -2.08. The van der Waals surface area contributed by atoms with Crippen LogP contribution < -0.4 is 11.5 Å². The van der Waals surface area contributed by atoms with Gasteiger partial charge in [-0.2, -0.15) is 0 Å². The number of aryl methyl sites for hydroxylation is 1. The summed E-state index contributed by atoms with van der Waals surface area (Å²) in [4.78, 5) is 23.3. The molecule has 6 nitrogen and oxygen atoms in total. The Morgan fingerprint density at radius 1 is 0.939 bits per heavy atom. The van der Waals surface area contributed by atoms with Crippen LogP contribution in [-0.4, -0.2) is 23.7 Å². The van der Waals surface area contributed by atoms with Gasteiger partial charge in [0.2, 0.25) is 0 Å². The van der Waals surface area contributed by atoms with Gasteiger partial charge in [0.25, 0.3) is 0 Å². The summed E-state index contributed by atoms with van der Waals surface area (Å²) in [6.45, 7) is 2.56. The van der Waals surface area contributed by atoms with Gasteiger partial charge in [0.05, 0.1) is 12.2 Å². The molecule has 0 fully saturated rings. The average Bonchev–Trinajstić information content (AvgIpc) is 2.78. The highest BCUT2D eigenvalue weighted by Crippen LogP contribution is 2.24. The first kappa shape index (κ1) is 26.0. The first-order chi connectivity index (χ1) is 15.9. The summed E-state index contributed by atoms with van der Waals surface area (Å²) in [5.41, 5.74) is 15.5. The molecular weight excluding hydrogens is 416 g/mol. The molecule has 0 radical (unpaired) electrons. The fourth-order valence-corrected chi connectivity index (χ4v) is 3.70. The highest BCUT2D eigenvalue weighted by atomic mass is 16.5. The van der Waals surface area contributed by atoms with Crippen molar-refractivity contribution in [1.29, 1.82) is 0 Å². The molecule has 2 rings (SSSR count). The maximum atomic E-state index is 11.9. The second-order valence-electron chi connectivity index (χ2n) is 8.31. The first-order valence-corrected chi connectivity index (χ1v) is 11.8. The van der Waals surface area contributed by atoms with E-state index in [4.69, 9.17) is 16.2 Å². The number of carbonyl (C=O) groups excluding carboxylic acids is 1. The second-order valence-corrected chi connectivity index (χ2v) is 8.31. The smallest absolute Gasteiger partial charge is 0.336 e. The number of carboxylic acid groups (broad SMARTS) is 1. The fraction of sp³-hybridized carbons (Fsp3) is 0.407. The molecule has 178 valence electrons. The van der Waals surface area contributed by atoms with Crippen molar-refractivity contribution in [3.63, 3.8) is 0 Å². The summed E-state index contributed by atoms with van der Waals surface area (Å²) < 4.78 is 5.26. The van der Waals surface area contributed by atoms with E-state index >= 15 is 0 Å². The van der Waals surface area contributed by atoms with Crippen LogP contribution in [0, 0.1) is 0 Å². The van der Waals surface area contributed by atoms with Gasteiger partial charge >= 0.3 is 11.9 Å². The largest absolute Gasteiger partial charge is 0.478 e. The number of rotatable bonds is 14. The van der Waals surface area contributed by atoms with Crippen molar-refractivity contribution >= 4 is 29.4 Å². The lowest BCUT2D eigenvalue weighted by molar-refractivity contribution is -0.137. The third-order valence-electron chi connectivity index (χ3n) is 5.56. The van der Waals surface area contributed by atoms with Crippen LogP contribution in [0.2, 0.25) is 0 Å². The number of carbonyl (C=O) groups is 2. The zero-order chi connectivity index (χ0) is 24.1. The van der Waals surface area contributed by atoms with Crippen LogP contribution in [0.5, 0.6) is 0 Å². The summed E-state index contributed by atoms with van der Waals surface area (Å²) in [6.07, 6.45) is 11.9. The molecule has 0 spiro atoms. The van der Waals surface area contributed by atoms with Gasteiger partial charge in [-0.25, -0.2) is 9.59 Å². The molecule has 0 aliphatic carbocycles. The van der Waals surface area contributed by atoms with Gasteiger partial charge < -0.3 is 21.3 Å². The van der Waals surface area contributed by atoms with Gasteiger partial charge in [-0.1, -0.05) is 56.9 Å². The van der Waals surface area contributed by atoms with E-state index in [0.717, 1.165) is 37.7 Å². The van der Waals surface area contributed by atoms with Crippen LogP contribution in [0.1, 0.15) is 78.9 Å². The normalized spacial score (nSPS) is 11.1. The molecule has 0 aliphatic heterocycles. The van der Waals surface area contributed by atoms with Crippen LogP contribution in [0.3, 0.4) is 0 Å². The molecule has 0 aliphatic rings. The molecule has 0 amide bonds. The van der Waals surface area contributed by atoms with E-state index < -0.39 is 5.97 Å². The zero-order valence-electron chi connectivity index (χ0n) is 19.5. The quantitative estimate of drug-likeness (QED) is 0.148. The Balaban J connectivity index is 1.63. The molecule has 2 aromatic carbocycles. The number of aromatic carboxylic acids is 1. The summed E-state index contributed by atoms with van der Waals surface area (Å²) in [6, 6.07) is 11.3. The Kier molecular flexibility index (Phi) is 11.0. The topological polar surface area (TPSA) is 116 Å². The van der Waals surface area contributed by atoms with Crippen molar-refractivity contribution in [2.75, 3.05) is 18.1 Å². The number of hydrogen-bond donors (Lipinski definition) is 3. The SMILES string of the molecule is CCCCCc1ccc(/C=C/C(=O)OCCCCCCc2c(N)cc(N)cc2C(=O)O)cc1. The number of unbranched alkanes of at least 4 members (excludes halogenated alkanes) is 5.